The second-order valence-electron chi connectivity index (χ2n) is 6.87. The Labute approximate surface area is 184 Å². The Morgan fingerprint density at radius 1 is 0.742 bits per heavy atom. The van der Waals surface area contributed by atoms with Crippen molar-refractivity contribution >= 4 is 30.1 Å². The van der Waals surface area contributed by atoms with E-state index in [1.165, 1.54) is 59.9 Å². The largest absolute Gasteiger partial charge is 0.243 e. The van der Waals surface area contributed by atoms with Crippen LogP contribution in [0.5, 0.6) is 0 Å². The van der Waals surface area contributed by atoms with E-state index < -0.39 is 36.1 Å². The molecule has 0 aromatic heterocycles. The normalized spacial score (nSPS) is 14.2. The fourth-order valence-electron chi connectivity index (χ4n) is 3.02. The Hall–Kier alpha value is -1.83. The molecule has 1 atom stereocenters. The zero-order valence-electron chi connectivity index (χ0n) is 17.8. The van der Waals surface area contributed by atoms with Crippen LogP contribution in [-0.2, 0) is 30.1 Å². The summed E-state index contributed by atoms with van der Waals surface area (Å²) in [6.45, 7) is 5.73. The topological polar surface area (TPSA) is 135 Å². The minimum atomic E-state index is -3.94. The maximum Gasteiger partial charge on any atom is 0.243 e. The van der Waals surface area contributed by atoms with Gasteiger partial charge in [-0.2, -0.15) is 8.61 Å². The zero-order valence-corrected chi connectivity index (χ0v) is 20.2. The maximum atomic E-state index is 13.0. The Bertz CT molecular complexity index is 1220. The number of primary sulfonamides is 1. The predicted octanol–water partition coefficient (Wildman–Crippen LogP) is 1.75. The van der Waals surface area contributed by atoms with Gasteiger partial charge in [-0.15, -0.1) is 0 Å². The van der Waals surface area contributed by atoms with Gasteiger partial charge in [-0.05, 0) is 48.9 Å². The van der Waals surface area contributed by atoms with Crippen molar-refractivity contribution in [2.24, 2.45) is 5.14 Å². The lowest BCUT2D eigenvalue weighted by Crippen LogP contribution is -2.31. The van der Waals surface area contributed by atoms with E-state index >= 15 is 0 Å². The Balaban J connectivity index is 2.32. The molecule has 2 N–H and O–H groups in total. The summed E-state index contributed by atoms with van der Waals surface area (Å²) in [5.41, 5.74) is 0.569. The molecule has 0 fully saturated rings. The summed E-state index contributed by atoms with van der Waals surface area (Å²) in [6, 6.07) is 10.1. The highest BCUT2D eigenvalue weighted by molar-refractivity contribution is 7.89. The van der Waals surface area contributed by atoms with Crippen LogP contribution in [0.4, 0.5) is 0 Å². The lowest BCUT2D eigenvalue weighted by Gasteiger charge is -2.25. The van der Waals surface area contributed by atoms with E-state index in [4.69, 9.17) is 5.14 Å². The fourth-order valence-corrected chi connectivity index (χ4v) is 6.34. The molecule has 0 bridgehead atoms. The molecular formula is C19H27N3O6S3. The van der Waals surface area contributed by atoms with Crippen molar-refractivity contribution in [3.8, 4) is 0 Å². The van der Waals surface area contributed by atoms with Gasteiger partial charge in [0.25, 0.3) is 0 Å². The summed E-state index contributed by atoms with van der Waals surface area (Å²) in [5.74, 6) is 0. The van der Waals surface area contributed by atoms with E-state index in [1.807, 2.05) is 0 Å². The van der Waals surface area contributed by atoms with Crippen LogP contribution in [0.15, 0.2) is 63.2 Å². The number of hydrogen-bond donors (Lipinski definition) is 1. The molecule has 0 aliphatic heterocycles. The summed E-state index contributed by atoms with van der Waals surface area (Å²) in [4.78, 5) is -0.107. The monoisotopic (exact) mass is 489 g/mol. The second-order valence-corrected chi connectivity index (χ2v) is 12.4. The Morgan fingerprint density at radius 3 is 1.52 bits per heavy atom. The van der Waals surface area contributed by atoms with Gasteiger partial charge in [0, 0.05) is 26.2 Å². The molecule has 2 aromatic rings. The van der Waals surface area contributed by atoms with Crippen LogP contribution in [0.3, 0.4) is 0 Å². The van der Waals surface area contributed by atoms with Crippen LogP contribution in [0.2, 0.25) is 0 Å². The van der Waals surface area contributed by atoms with E-state index in [1.54, 1.807) is 20.8 Å². The number of nitrogens with two attached hydrogens (primary N) is 1. The van der Waals surface area contributed by atoms with Crippen LogP contribution < -0.4 is 5.14 Å². The average Bonchev–Trinajstić information content (AvgIpc) is 2.73. The van der Waals surface area contributed by atoms with Crippen LogP contribution in [0, 0.1) is 0 Å². The van der Waals surface area contributed by atoms with E-state index in [2.05, 4.69) is 0 Å². The number of rotatable bonds is 9. The van der Waals surface area contributed by atoms with Crippen molar-refractivity contribution in [3.05, 3.63) is 54.1 Å². The third-order valence-corrected chi connectivity index (χ3v) is 10.0. The van der Waals surface area contributed by atoms with Gasteiger partial charge in [0.1, 0.15) is 0 Å². The van der Waals surface area contributed by atoms with Crippen LogP contribution in [-0.4, -0.2) is 54.0 Å². The van der Waals surface area contributed by atoms with E-state index in [-0.39, 0.29) is 14.7 Å². The van der Waals surface area contributed by atoms with Crippen molar-refractivity contribution in [3.63, 3.8) is 0 Å². The summed E-state index contributed by atoms with van der Waals surface area (Å²) >= 11 is 0. The van der Waals surface area contributed by atoms with Crippen molar-refractivity contribution in [2.75, 3.05) is 20.1 Å². The number of sulfonamides is 3. The molecule has 2 aromatic carbocycles. The maximum absolute atomic E-state index is 13.0. The minimum Gasteiger partial charge on any atom is -0.225 e. The molecule has 0 spiro atoms. The third kappa shape index (κ3) is 5.33. The molecule has 0 radical (unpaired) electrons. The lowest BCUT2D eigenvalue weighted by molar-refractivity contribution is 0.398. The molecular weight excluding hydrogens is 462 g/mol. The van der Waals surface area contributed by atoms with Crippen molar-refractivity contribution in [2.45, 2.75) is 41.5 Å². The van der Waals surface area contributed by atoms with Crippen molar-refractivity contribution < 1.29 is 25.3 Å². The molecule has 0 saturated carbocycles. The molecule has 9 nitrogen and oxygen atoms in total. The van der Waals surface area contributed by atoms with Gasteiger partial charge in [-0.3, -0.25) is 0 Å². The first-order chi connectivity index (χ1) is 14.3. The fraction of sp³-hybridized carbons (Fsp3) is 0.368. The summed E-state index contributed by atoms with van der Waals surface area (Å²) in [7, 11) is -10.1. The third-order valence-electron chi connectivity index (χ3n) is 5.08. The zero-order chi connectivity index (χ0) is 23.6. The molecule has 12 heteroatoms. The molecule has 0 heterocycles. The minimum absolute atomic E-state index is 0.0180. The van der Waals surface area contributed by atoms with Crippen LogP contribution >= 0.6 is 0 Å². The van der Waals surface area contributed by atoms with Crippen LogP contribution in [0.1, 0.15) is 32.4 Å². The number of benzene rings is 2. The first kappa shape index (κ1) is 25.4. The van der Waals surface area contributed by atoms with Gasteiger partial charge < -0.3 is 0 Å². The smallest absolute Gasteiger partial charge is 0.225 e. The van der Waals surface area contributed by atoms with Crippen molar-refractivity contribution in [1.29, 1.82) is 0 Å². The second kappa shape index (κ2) is 9.35. The van der Waals surface area contributed by atoms with Gasteiger partial charge in [-0.25, -0.2) is 30.4 Å². The summed E-state index contributed by atoms with van der Waals surface area (Å²) < 4.78 is 76.5. The molecule has 0 aliphatic rings. The first-order valence-electron chi connectivity index (χ1n) is 9.47. The number of nitrogens with zero attached hydrogens (tertiary/aromatic N) is 2. The van der Waals surface area contributed by atoms with Crippen LogP contribution in [0.25, 0.3) is 0 Å². The predicted molar refractivity (Wildman–Crippen MR) is 118 cm³/mol. The van der Waals surface area contributed by atoms with Gasteiger partial charge >= 0.3 is 0 Å². The molecule has 0 unspecified atom stereocenters. The lowest BCUT2D eigenvalue weighted by atomic mass is 10.1. The van der Waals surface area contributed by atoms with Crippen molar-refractivity contribution in [1.82, 2.24) is 8.61 Å². The van der Waals surface area contributed by atoms with E-state index in [0.717, 1.165) is 4.31 Å². The highest BCUT2D eigenvalue weighted by atomic mass is 32.2. The highest BCUT2D eigenvalue weighted by Gasteiger charge is 2.28. The first-order valence-corrected chi connectivity index (χ1v) is 13.9. The molecule has 172 valence electrons. The number of hydrogen-bond acceptors (Lipinski definition) is 6. The molecule has 0 saturated heterocycles. The average molecular weight is 490 g/mol. The Morgan fingerprint density at radius 2 is 1.13 bits per heavy atom. The molecule has 2 rings (SSSR count). The van der Waals surface area contributed by atoms with Gasteiger partial charge in [-0.1, -0.05) is 26.0 Å². The quantitative estimate of drug-likeness (QED) is 0.570. The Kier molecular flexibility index (Phi) is 7.67. The highest BCUT2D eigenvalue weighted by Crippen LogP contribution is 2.27. The SMILES string of the molecule is CCN(CC)S(=O)(=O)c1ccc(S(=O)(=O)N(C)[C@@H](C)c2ccc(S(N)(=O)=O)cc2)cc1. The standard InChI is InChI=1S/C19H27N3O6S3/c1-5-22(6-2)31(27,28)19-13-11-18(12-14-19)30(25,26)21(4)15(3)16-7-9-17(10-8-16)29(20,23)24/h7-15H,5-6H2,1-4H3,(H2,20,23,24)/t15-/m0/s1. The van der Waals surface area contributed by atoms with Gasteiger partial charge in [0.2, 0.25) is 30.1 Å². The summed E-state index contributed by atoms with van der Waals surface area (Å²) in [6.07, 6.45) is 0. The van der Waals surface area contributed by atoms with Gasteiger partial charge in [0.05, 0.1) is 14.7 Å². The van der Waals surface area contributed by atoms with E-state index in [9.17, 15) is 25.3 Å². The molecule has 31 heavy (non-hydrogen) atoms. The molecule has 0 aliphatic carbocycles. The summed E-state index contributed by atoms with van der Waals surface area (Å²) in [5, 5.41) is 5.09. The van der Waals surface area contributed by atoms with E-state index in [0.29, 0.717) is 18.7 Å². The van der Waals surface area contributed by atoms with Gasteiger partial charge in [0.15, 0.2) is 0 Å². The molecule has 0 amide bonds.